The minimum Gasteiger partial charge on any atom is -0.369 e. The molecule has 26 heavy (non-hydrogen) atoms. The lowest BCUT2D eigenvalue weighted by Gasteiger charge is -2.23. The predicted octanol–water partition coefficient (Wildman–Crippen LogP) is 4.04. The molecule has 3 rings (SSSR count). The number of benzene rings is 2. The molecule has 3 aromatic rings. The summed E-state index contributed by atoms with van der Waals surface area (Å²) in [5.41, 5.74) is 3.91. The van der Waals surface area contributed by atoms with Crippen LogP contribution in [-0.2, 0) is 13.1 Å². The Morgan fingerprint density at radius 2 is 1.69 bits per heavy atom. The second-order valence-corrected chi connectivity index (χ2v) is 6.03. The van der Waals surface area contributed by atoms with E-state index < -0.39 is 0 Å². The van der Waals surface area contributed by atoms with E-state index in [1.807, 2.05) is 61.6 Å². The number of pyridine rings is 1. The van der Waals surface area contributed by atoms with Gasteiger partial charge in [-0.25, -0.2) is 4.79 Å². The third-order valence-corrected chi connectivity index (χ3v) is 4.00. The molecule has 0 aliphatic rings. The minimum absolute atomic E-state index is 0.241. The van der Waals surface area contributed by atoms with E-state index in [0.717, 1.165) is 23.5 Å². The molecular weight excluding hydrogens is 324 g/mol. The van der Waals surface area contributed by atoms with Crippen LogP contribution in [0.1, 0.15) is 11.1 Å². The fourth-order valence-electron chi connectivity index (χ4n) is 2.71. The summed E-state index contributed by atoms with van der Waals surface area (Å²) in [6.45, 7) is 1.19. The van der Waals surface area contributed by atoms with E-state index in [-0.39, 0.29) is 6.03 Å². The molecule has 2 aromatic carbocycles. The fourth-order valence-corrected chi connectivity index (χ4v) is 2.71. The number of aromatic nitrogens is 1. The van der Waals surface area contributed by atoms with E-state index >= 15 is 0 Å². The molecule has 0 radical (unpaired) electrons. The lowest BCUT2D eigenvalue weighted by molar-refractivity contribution is 0.251. The second-order valence-electron chi connectivity index (χ2n) is 6.03. The Morgan fingerprint density at radius 1 is 0.962 bits per heavy atom. The summed E-state index contributed by atoms with van der Waals surface area (Å²) in [6.07, 6.45) is 3.45. The average Bonchev–Trinajstić information content (AvgIpc) is 2.68. The van der Waals surface area contributed by atoms with E-state index in [9.17, 15) is 4.79 Å². The van der Waals surface area contributed by atoms with E-state index in [1.165, 1.54) is 5.56 Å². The van der Waals surface area contributed by atoms with Crippen molar-refractivity contribution < 1.29 is 4.79 Å². The molecule has 0 atom stereocenters. The van der Waals surface area contributed by atoms with Gasteiger partial charge in [-0.3, -0.25) is 4.98 Å². The Bertz CT molecular complexity index is 837. The van der Waals surface area contributed by atoms with Crippen LogP contribution in [0.3, 0.4) is 0 Å². The predicted molar refractivity (Wildman–Crippen MR) is 105 cm³/mol. The molecule has 0 fully saturated rings. The first kappa shape index (κ1) is 17.5. The lowest BCUT2D eigenvalue weighted by atomic mass is 10.2. The van der Waals surface area contributed by atoms with Gasteiger partial charge < -0.3 is 15.5 Å². The van der Waals surface area contributed by atoms with Crippen LogP contribution < -0.4 is 15.5 Å². The van der Waals surface area contributed by atoms with Gasteiger partial charge in [0.1, 0.15) is 0 Å². The van der Waals surface area contributed by atoms with Crippen molar-refractivity contribution in [3.63, 3.8) is 0 Å². The number of carbonyl (C=O) groups is 1. The molecule has 0 unspecified atom stereocenters. The third-order valence-electron chi connectivity index (χ3n) is 4.00. The summed E-state index contributed by atoms with van der Waals surface area (Å²) in [7, 11) is 2.01. The van der Waals surface area contributed by atoms with Gasteiger partial charge in [0.2, 0.25) is 0 Å². The number of hydrogen-bond acceptors (Lipinski definition) is 3. The summed E-state index contributed by atoms with van der Waals surface area (Å²) in [5, 5.41) is 5.79. The summed E-state index contributed by atoms with van der Waals surface area (Å²) in [6, 6.07) is 21.6. The minimum atomic E-state index is -0.241. The molecule has 1 aromatic heterocycles. The molecule has 0 aliphatic carbocycles. The first-order chi connectivity index (χ1) is 12.7. The second kappa shape index (κ2) is 8.67. The van der Waals surface area contributed by atoms with Gasteiger partial charge in [0.15, 0.2) is 0 Å². The summed E-state index contributed by atoms with van der Waals surface area (Å²) in [4.78, 5) is 18.4. The van der Waals surface area contributed by atoms with Crippen LogP contribution in [0.4, 0.5) is 16.2 Å². The molecule has 2 N–H and O–H groups in total. The van der Waals surface area contributed by atoms with Crippen molar-refractivity contribution in [1.29, 1.82) is 0 Å². The van der Waals surface area contributed by atoms with Crippen molar-refractivity contribution in [3.05, 3.63) is 90.3 Å². The van der Waals surface area contributed by atoms with Gasteiger partial charge in [0.25, 0.3) is 0 Å². The Balaban J connectivity index is 1.64. The van der Waals surface area contributed by atoms with Crippen LogP contribution in [0, 0.1) is 0 Å². The van der Waals surface area contributed by atoms with E-state index in [0.29, 0.717) is 6.54 Å². The molecule has 0 bridgehead atoms. The average molecular weight is 346 g/mol. The Morgan fingerprint density at radius 3 is 2.46 bits per heavy atom. The molecular formula is C21H22N4O. The number of para-hydroxylation sites is 2. The van der Waals surface area contributed by atoms with Crippen LogP contribution >= 0.6 is 0 Å². The summed E-state index contributed by atoms with van der Waals surface area (Å²) >= 11 is 0. The molecule has 0 spiro atoms. The van der Waals surface area contributed by atoms with Crippen molar-refractivity contribution in [3.8, 4) is 0 Å². The highest BCUT2D eigenvalue weighted by Crippen LogP contribution is 2.25. The van der Waals surface area contributed by atoms with Crippen molar-refractivity contribution >= 4 is 17.4 Å². The summed E-state index contributed by atoms with van der Waals surface area (Å²) in [5.74, 6) is 0. The normalized spacial score (nSPS) is 10.2. The standard InChI is InChI=1S/C21H22N4O/c1-25(16-17-8-3-2-4-9-17)20-12-6-5-11-19(20)24-21(26)23-15-18-10-7-13-22-14-18/h2-14H,15-16H2,1H3,(H2,23,24,26). The maximum Gasteiger partial charge on any atom is 0.319 e. The number of carbonyl (C=O) groups excluding carboxylic acids is 1. The molecule has 5 nitrogen and oxygen atoms in total. The molecule has 1 heterocycles. The summed E-state index contributed by atoms with van der Waals surface area (Å²) < 4.78 is 0. The highest BCUT2D eigenvalue weighted by Gasteiger charge is 2.10. The molecule has 0 saturated heterocycles. The highest BCUT2D eigenvalue weighted by atomic mass is 16.2. The zero-order valence-corrected chi connectivity index (χ0v) is 14.7. The topological polar surface area (TPSA) is 57.3 Å². The SMILES string of the molecule is CN(Cc1ccccc1)c1ccccc1NC(=O)NCc1cccnc1. The zero-order valence-electron chi connectivity index (χ0n) is 14.7. The Hall–Kier alpha value is -3.34. The molecule has 0 saturated carbocycles. The number of nitrogens with one attached hydrogen (secondary N) is 2. The van der Waals surface area contributed by atoms with Crippen molar-refractivity contribution in [2.75, 3.05) is 17.3 Å². The zero-order chi connectivity index (χ0) is 18.2. The van der Waals surface area contributed by atoms with Crippen LogP contribution in [0.25, 0.3) is 0 Å². The van der Waals surface area contributed by atoms with Gasteiger partial charge >= 0.3 is 6.03 Å². The van der Waals surface area contributed by atoms with Crippen molar-refractivity contribution in [2.24, 2.45) is 0 Å². The number of nitrogens with zero attached hydrogens (tertiary/aromatic N) is 2. The molecule has 2 amide bonds. The van der Waals surface area contributed by atoms with Gasteiger partial charge in [-0.05, 0) is 29.3 Å². The van der Waals surface area contributed by atoms with Crippen LogP contribution in [0.5, 0.6) is 0 Å². The monoisotopic (exact) mass is 346 g/mol. The first-order valence-electron chi connectivity index (χ1n) is 8.50. The van der Waals surface area contributed by atoms with E-state index in [4.69, 9.17) is 0 Å². The number of anilines is 2. The van der Waals surface area contributed by atoms with Crippen LogP contribution in [0.2, 0.25) is 0 Å². The largest absolute Gasteiger partial charge is 0.369 e. The Kier molecular flexibility index (Phi) is 5.83. The number of amides is 2. The maximum atomic E-state index is 12.3. The van der Waals surface area contributed by atoms with Gasteiger partial charge in [0.05, 0.1) is 11.4 Å². The third kappa shape index (κ3) is 4.83. The van der Waals surface area contributed by atoms with Gasteiger partial charge in [-0.15, -0.1) is 0 Å². The van der Waals surface area contributed by atoms with Gasteiger partial charge in [-0.1, -0.05) is 48.5 Å². The highest BCUT2D eigenvalue weighted by molar-refractivity contribution is 5.93. The van der Waals surface area contributed by atoms with Crippen LogP contribution in [-0.4, -0.2) is 18.1 Å². The van der Waals surface area contributed by atoms with E-state index in [1.54, 1.807) is 12.4 Å². The quantitative estimate of drug-likeness (QED) is 0.708. The smallest absolute Gasteiger partial charge is 0.319 e. The fraction of sp³-hybridized carbons (Fsp3) is 0.143. The first-order valence-corrected chi connectivity index (χ1v) is 8.50. The maximum absolute atomic E-state index is 12.3. The molecule has 0 aliphatic heterocycles. The van der Waals surface area contributed by atoms with Gasteiger partial charge in [-0.2, -0.15) is 0 Å². The molecule has 5 heteroatoms. The number of urea groups is 1. The number of rotatable bonds is 6. The molecule has 132 valence electrons. The number of hydrogen-bond donors (Lipinski definition) is 2. The lowest BCUT2D eigenvalue weighted by Crippen LogP contribution is -2.29. The van der Waals surface area contributed by atoms with E-state index in [2.05, 4.69) is 32.7 Å². The van der Waals surface area contributed by atoms with Gasteiger partial charge in [0, 0.05) is 32.5 Å². The Labute approximate surface area is 153 Å². The van der Waals surface area contributed by atoms with Crippen molar-refractivity contribution in [2.45, 2.75) is 13.1 Å². The van der Waals surface area contributed by atoms with Crippen molar-refractivity contribution in [1.82, 2.24) is 10.3 Å². The van der Waals surface area contributed by atoms with Crippen LogP contribution in [0.15, 0.2) is 79.1 Å².